The zero-order valence-electron chi connectivity index (χ0n) is 14.8. The average Bonchev–Trinajstić information content (AvgIpc) is 2.63. The van der Waals surface area contributed by atoms with Gasteiger partial charge in [-0.1, -0.05) is 12.7 Å². The van der Waals surface area contributed by atoms with Crippen molar-refractivity contribution in [1.29, 1.82) is 0 Å². The van der Waals surface area contributed by atoms with Gasteiger partial charge >= 0.3 is 5.97 Å². The molecule has 2 bridgehead atoms. The average molecular weight is 384 g/mol. The van der Waals surface area contributed by atoms with E-state index in [0.717, 1.165) is 11.3 Å². The van der Waals surface area contributed by atoms with Crippen LogP contribution in [-0.2, 0) is 16.1 Å². The number of hydrogen-bond donors (Lipinski definition) is 3. The Hall–Kier alpha value is -1.77. The molecule has 2 atom stereocenters. The molecule has 6 nitrogen and oxygen atoms in total. The first kappa shape index (κ1) is 20.5. The van der Waals surface area contributed by atoms with Gasteiger partial charge in [-0.3, -0.25) is 9.35 Å². The topological polar surface area (TPSA) is 89.9 Å². The number of halogens is 1. The van der Waals surface area contributed by atoms with Crippen LogP contribution >= 0.6 is 0 Å². The maximum absolute atomic E-state index is 14.6. The fourth-order valence-electron chi connectivity index (χ4n) is 3.46. The zero-order valence-corrected chi connectivity index (χ0v) is 15.6. The van der Waals surface area contributed by atoms with Gasteiger partial charge < -0.3 is 10.0 Å². The molecule has 144 valence electrons. The summed E-state index contributed by atoms with van der Waals surface area (Å²) in [4.78, 5) is 12.9. The molecule has 3 N–H and O–H groups in total. The molecule has 0 aromatic rings. The Labute approximate surface area is 155 Å². The Morgan fingerprint density at radius 3 is 2.92 bits per heavy atom. The second-order valence-corrected chi connectivity index (χ2v) is 7.35. The third-order valence-corrected chi connectivity index (χ3v) is 5.38. The maximum atomic E-state index is 14.6. The summed E-state index contributed by atoms with van der Waals surface area (Å²) >= 11 is -2.10. The van der Waals surface area contributed by atoms with Crippen LogP contribution in [0.2, 0.25) is 0 Å². The van der Waals surface area contributed by atoms with Crippen molar-refractivity contribution in [3.63, 3.8) is 0 Å². The third kappa shape index (κ3) is 5.36. The fourth-order valence-corrected chi connectivity index (χ4v) is 3.81. The third-order valence-electron chi connectivity index (χ3n) is 4.96. The minimum atomic E-state index is -2.10. The van der Waals surface area contributed by atoms with Crippen molar-refractivity contribution < 1.29 is 23.1 Å². The Morgan fingerprint density at radius 2 is 2.31 bits per heavy atom. The summed E-state index contributed by atoms with van der Waals surface area (Å²) in [6.07, 6.45) is 4.75. The summed E-state index contributed by atoms with van der Waals surface area (Å²) in [5.74, 6) is -1.16. The van der Waals surface area contributed by atoms with Crippen LogP contribution in [0.1, 0.15) is 32.6 Å². The minimum absolute atomic E-state index is 0.000240. The first-order valence-electron chi connectivity index (χ1n) is 8.53. The second-order valence-electron chi connectivity index (χ2n) is 6.56. The summed E-state index contributed by atoms with van der Waals surface area (Å²) in [5.41, 5.74) is 3.30. The number of hydrogen-bond acceptors (Lipinski definition) is 3. The first-order chi connectivity index (χ1) is 12.3. The minimum Gasteiger partial charge on any atom is -0.481 e. The molecular formula is C18H25FN2O4S. The predicted octanol–water partition coefficient (Wildman–Crippen LogP) is 2.91. The molecule has 0 aromatic carbocycles. The van der Waals surface area contributed by atoms with Crippen LogP contribution in [0, 0.1) is 5.92 Å². The van der Waals surface area contributed by atoms with Crippen molar-refractivity contribution in [3.8, 4) is 0 Å². The molecule has 1 fully saturated rings. The lowest BCUT2D eigenvalue weighted by Gasteiger charge is -2.33. The number of aliphatic carboxylic acids is 1. The van der Waals surface area contributed by atoms with Crippen LogP contribution in [-0.4, -0.2) is 44.4 Å². The predicted molar refractivity (Wildman–Crippen MR) is 99.1 cm³/mol. The monoisotopic (exact) mass is 384 g/mol. The molecule has 1 aliphatic heterocycles. The van der Waals surface area contributed by atoms with Crippen LogP contribution in [0.15, 0.2) is 47.0 Å². The summed E-state index contributed by atoms with van der Waals surface area (Å²) in [6, 6.07) is 0. The molecule has 0 spiro atoms. The molecular weight excluding hydrogens is 359 g/mol. The number of allylic oxidation sites excluding steroid dienone is 4. The number of fused-ring (bicyclic) bond motifs is 2. The highest BCUT2D eigenvalue weighted by molar-refractivity contribution is 7.77. The smallest absolute Gasteiger partial charge is 0.305 e. The molecule has 0 amide bonds. The van der Waals surface area contributed by atoms with Gasteiger partial charge in [0.2, 0.25) is 11.3 Å². The van der Waals surface area contributed by atoms with E-state index in [0.29, 0.717) is 50.0 Å². The number of nitrogens with zero attached hydrogens (tertiary/aromatic N) is 1. The van der Waals surface area contributed by atoms with E-state index in [-0.39, 0.29) is 18.2 Å². The van der Waals surface area contributed by atoms with E-state index in [9.17, 15) is 13.4 Å². The van der Waals surface area contributed by atoms with E-state index in [2.05, 4.69) is 11.3 Å². The van der Waals surface area contributed by atoms with Crippen molar-refractivity contribution in [2.24, 2.45) is 5.92 Å². The van der Waals surface area contributed by atoms with Crippen molar-refractivity contribution in [1.82, 2.24) is 9.62 Å². The largest absolute Gasteiger partial charge is 0.481 e. The molecule has 0 aromatic heterocycles. The molecule has 2 rings (SSSR count). The Kier molecular flexibility index (Phi) is 7.31. The van der Waals surface area contributed by atoms with Crippen molar-refractivity contribution in [2.45, 2.75) is 32.6 Å². The van der Waals surface area contributed by atoms with E-state index < -0.39 is 17.2 Å². The van der Waals surface area contributed by atoms with Gasteiger partial charge in [0.05, 0.1) is 6.42 Å². The van der Waals surface area contributed by atoms with E-state index in [1.807, 2.05) is 11.8 Å². The Balaban J connectivity index is 2.41. The van der Waals surface area contributed by atoms with Gasteiger partial charge in [-0.05, 0) is 54.9 Å². The molecule has 1 heterocycles. The number of carbonyl (C=O) groups is 1. The molecule has 1 aliphatic carbocycles. The van der Waals surface area contributed by atoms with Gasteiger partial charge in [0.15, 0.2) is 0 Å². The van der Waals surface area contributed by atoms with Gasteiger partial charge in [0.1, 0.15) is 5.83 Å². The van der Waals surface area contributed by atoms with Crippen LogP contribution < -0.4 is 4.72 Å². The fraction of sp³-hybridized carbons (Fsp3) is 0.500. The normalized spacial score (nSPS) is 22.3. The van der Waals surface area contributed by atoms with Gasteiger partial charge in [-0.15, -0.1) is 0 Å². The number of carboxylic acids is 1. The van der Waals surface area contributed by atoms with Gasteiger partial charge in [0.25, 0.3) is 0 Å². The summed E-state index contributed by atoms with van der Waals surface area (Å²) in [5, 5.41) is 9.03. The summed E-state index contributed by atoms with van der Waals surface area (Å²) in [6.45, 7) is 6.64. The second kappa shape index (κ2) is 9.25. The standard InChI is InChI=1S/C18H25FN2O4S/c1-3-13-8-17(19)14-4-5-15(10-20-26(24)25)16(9-14)12(2)21(11-13)7-6-18(22)23/h3,8,15,20H,1,4-7,9-11H2,2H3,(H,22,23)(H,24,25). The number of nitrogens with one attached hydrogen (secondary N) is 1. The lowest BCUT2D eigenvalue weighted by Crippen LogP contribution is -2.32. The SMILES string of the molecule is C=CC1=CC(F)=C2CCC(CNS(=O)O)C(=C(C)N(CCC(=O)O)C1)C2. The van der Waals surface area contributed by atoms with E-state index in [1.54, 1.807) is 6.08 Å². The molecule has 8 heteroatoms. The van der Waals surface area contributed by atoms with Crippen LogP contribution in [0.5, 0.6) is 0 Å². The Morgan fingerprint density at radius 1 is 1.58 bits per heavy atom. The first-order valence-corrected chi connectivity index (χ1v) is 9.63. The van der Waals surface area contributed by atoms with E-state index >= 15 is 0 Å². The van der Waals surface area contributed by atoms with Crippen molar-refractivity contribution in [3.05, 3.63) is 47.0 Å². The highest BCUT2D eigenvalue weighted by Gasteiger charge is 2.28. The Bertz CT molecular complexity index is 699. The molecule has 1 saturated carbocycles. The van der Waals surface area contributed by atoms with Gasteiger partial charge in [-0.2, -0.15) is 0 Å². The molecule has 0 radical (unpaired) electrons. The van der Waals surface area contributed by atoms with Crippen LogP contribution in [0.3, 0.4) is 0 Å². The maximum Gasteiger partial charge on any atom is 0.305 e. The van der Waals surface area contributed by atoms with Crippen LogP contribution in [0.25, 0.3) is 0 Å². The lowest BCUT2D eigenvalue weighted by atomic mass is 9.80. The lowest BCUT2D eigenvalue weighted by molar-refractivity contribution is -0.137. The van der Waals surface area contributed by atoms with Crippen molar-refractivity contribution >= 4 is 17.2 Å². The van der Waals surface area contributed by atoms with Crippen LogP contribution in [0.4, 0.5) is 4.39 Å². The quantitative estimate of drug-likeness (QED) is 0.587. The van der Waals surface area contributed by atoms with E-state index in [1.165, 1.54) is 6.08 Å². The molecule has 2 unspecified atom stereocenters. The zero-order chi connectivity index (χ0) is 19.3. The summed E-state index contributed by atoms with van der Waals surface area (Å²) < 4.78 is 37.1. The highest BCUT2D eigenvalue weighted by Crippen LogP contribution is 2.38. The molecule has 26 heavy (non-hydrogen) atoms. The van der Waals surface area contributed by atoms with Gasteiger partial charge in [-0.25, -0.2) is 13.3 Å². The molecule has 2 aliphatic rings. The molecule has 0 saturated heterocycles. The summed E-state index contributed by atoms with van der Waals surface area (Å²) in [7, 11) is 0. The van der Waals surface area contributed by atoms with Crippen molar-refractivity contribution in [2.75, 3.05) is 19.6 Å². The highest BCUT2D eigenvalue weighted by atomic mass is 32.2. The van der Waals surface area contributed by atoms with E-state index in [4.69, 9.17) is 9.66 Å². The number of rotatable bonds is 7. The van der Waals surface area contributed by atoms with Gasteiger partial charge in [0, 0.05) is 25.3 Å². The number of carboxylic acid groups (broad SMARTS) is 1.